The van der Waals surface area contributed by atoms with Gasteiger partial charge in [-0.15, -0.1) is 11.3 Å². The number of alkyl halides is 1. The number of aryl methyl sites for hydroxylation is 1. The Hall–Kier alpha value is -3.10. The van der Waals surface area contributed by atoms with Crippen LogP contribution in [0.4, 0.5) is 13.8 Å². The molecule has 0 saturated carbocycles. The van der Waals surface area contributed by atoms with E-state index in [0.717, 1.165) is 21.7 Å². The van der Waals surface area contributed by atoms with E-state index in [4.69, 9.17) is 0 Å². The van der Waals surface area contributed by atoms with Crippen molar-refractivity contribution in [3.63, 3.8) is 0 Å². The second-order valence-electron chi connectivity index (χ2n) is 7.29. The van der Waals surface area contributed by atoms with Gasteiger partial charge in [0.05, 0.1) is 11.4 Å². The molecule has 0 aliphatic carbocycles. The monoisotopic (exact) mass is 471 g/mol. The molecule has 1 heterocycles. The van der Waals surface area contributed by atoms with E-state index < -0.39 is 22.5 Å². The Kier molecular flexibility index (Phi) is 6.08. The van der Waals surface area contributed by atoms with Crippen molar-refractivity contribution in [1.82, 2.24) is 0 Å². The Labute approximate surface area is 188 Å². The zero-order valence-electron chi connectivity index (χ0n) is 17.1. The molecular formula is C24H19F2NO3S2. The average Bonchev–Trinajstić information content (AvgIpc) is 3.14. The summed E-state index contributed by atoms with van der Waals surface area (Å²) in [6.07, 6.45) is 0.640. The van der Waals surface area contributed by atoms with E-state index in [9.17, 15) is 22.0 Å². The Morgan fingerprint density at radius 3 is 2.41 bits per heavy atom. The van der Waals surface area contributed by atoms with Gasteiger partial charge in [-0.25, -0.2) is 17.2 Å². The highest BCUT2D eigenvalue weighted by Crippen LogP contribution is 2.40. The summed E-state index contributed by atoms with van der Waals surface area (Å²) in [6, 6.07) is 17.2. The lowest BCUT2D eigenvalue weighted by atomic mass is 10.1. The van der Waals surface area contributed by atoms with Gasteiger partial charge in [-0.2, -0.15) is 0 Å². The summed E-state index contributed by atoms with van der Waals surface area (Å²) in [6.45, 7) is 0.768. The zero-order chi connectivity index (χ0) is 22.9. The predicted molar refractivity (Wildman–Crippen MR) is 123 cm³/mol. The van der Waals surface area contributed by atoms with Crippen LogP contribution in [-0.2, 0) is 23.2 Å². The number of anilines is 1. The lowest BCUT2D eigenvalue weighted by Crippen LogP contribution is -2.30. The number of hydrogen-bond acceptors (Lipinski definition) is 4. The number of nitrogens with zero attached hydrogens (tertiary/aromatic N) is 1. The van der Waals surface area contributed by atoms with Crippen LogP contribution >= 0.6 is 11.3 Å². The van der Waals surface area contributed by atoms with Crippen LogP contribution in [0, 0.1) is 12.7 Å². The molecule has 8 heteroatoms. The third-order valence-electron chi connectivity index (χ3n) is 5.23. The molecule has 0 aliphatic heterocycles. The number of carbonyl (C=O) groups is 1. The van der Waals surface area contributed by atoms with Gasteiger partial charge in [0.1, 0.15) is 23.8 Å². The van der Waals surface area contributed by atoms with Gasteiger partial charge in [-0.05, 0) is 53.8 Å². The molecular weight excluding hydrogens is 452 g/mol. The summed E-state index contributed by atoms with van der Waals surface area (Å²) in [5.74, 6) is -0.673. The largest absolute Gasteiger partial charge is 0.298 e. The van der Waals surface area contributed by atoms with Crippen LogP contribution in [0.3, 0.4) is 0 Å². The molecule has 0 aliphatic rings. The van der Waals surface area contributed by atoms with E-state index >= 15 is 0 Å². The first-order valence-corrected chi connectivity index (χ1v) is 12.0. The van der Waals surface area contributed by atoms with Crippen LogP contribution in [0.1, 0.15) is 27.0 Å². The van der Waals surface area contributed by atoms with Crippen molar-refractivity contribution in [2.24, 2.45) is 0 Å². The number of benzene rings is 3. The second-order valence-corrected chi connectivity index (χ2v) is 10.2. The van der Waals surface area contributed by atoms with Crippen molar-refractivity contribution in [3.8, 4) is 0 Å². The molecule has 0 N–H and O–H groups in total. The third kappa shape index (κ3) is 4.03. The SMILES string of the molecule is Cc1c(N(Cc2ccc(F)c(CF)c2)S(=O)(=O)c2ccc(C=O)cc2)sc2ccccc12. The maximum atomic E-state index is 13.8. The van der Waals surface area contributed by atoms with Gasteiger partial charge >= 0.3 is 0 Å². The van der Waals surface area contributed by atoms with Crippen molar-refractivity contribution in [3.05, 3.63) is 94.8 Å². The molecule has 4 rings (SSSR count). The lowest BCUT2D eigenvalue weighted by Gasteiger charge is -2.24. The van der Waals surface area contributed by atoms with E-state index in [2.05, 4.69) is 0 Å². The van der Waals surface area contributed by atoms with Crippen molar-refractivity contribution in [2.75, 3.05) is 4.31 Å². The van der Waals surface area contributed by atoms with Gasteiger partial charge in [0, 0.05) is 15.8 Å². The minimum absolute atomic E-state index is 0.0211. The molecule has 0 saturated heterocycles. The summed E-state index contributed by atoms with van der Waals surface area (Å²) in [5, 5.41) is 1.46. The van der Waals surface area contributed by atoms with Crippen LogP contribution in [0.25, 0.3) is 10.1 Å². The maximum absolute atomic E-state index is 13.8. The Bertz CT molecular complexity index is 1400. The summed E-state index contributed by atoms with van der Waals surface area (Å²) < 4.78 is 56.6. The van der Waals surface area contributed by atoms with Gasteiger partial charge < -0.3 is 0 Å². The summed E-state index contributed by atoms with van der Waals surface area (Å²) in [4.78, 5) is 11.0. The number of sulfonamides is 1. The highest BCUT2D eigenvalue weighted by molar-refractivity contribution is 7.93. The van der Waals surface area contributed by atoms with Gasteiger partial charge in [-0.3, -0.25) is 9.10 Å². The molecule has 0 spiro atoms. The fraction of sp³-hybridized carbons (Fsp3) is 0.125. The lowest BCUT2D eigenvalue weighted by molar-refractivity contribution is 0.112. The fourth-order valence-corrected chi connectivity index (χ4v) is 6.44. The number of rotatable bonds is 7. The maximum Gasteiger partial charge on any atom is 0.265 e. The topological polar surface area (TPSA) is 54.5 Å². The van der Waals surface area contributed by atoms with Crippen LogP contribution in [0.15, 0.2) is 71.6 Å². The number of halogens is 2. The highest BCUT2D eigenvalue weighted by atomic mass is 32.2. The minimum atomic E-state index is -4.04. The molecule has 0 unspecified atom stereocenters. The minimum Gasteiger partial charge on any atom is -0.298 e. The molecule has 0 amide bonds. The highest BCUT2D eigenvalue weighted by Gasteiger charge is 2.29. The van der Waals surface area contributed by atoms with E-state index in [1.54, 1.807) is 0 Å². The molecule has 4 nitrogen and oxygen atoms in total. The molecule has 32 heavy (non-hydrogen) atoms. The molecule has 1 aromatic heterocycles. The smallest absolute Gasteiger partial charge is 0.265 e. The molecule has 0 atom stereocenters. The third-order valence-corrected chi connectivity index (χ3v) is 8.40. The summed E-state index contributed by atoms with van der Waals surface area (Å²) >= 11 is 1.34. The van der Waals surface area contributed by atoms with Crippen LogP contribution in [0.5, 0.6) is 0 Å². The Balaban J connectivity index is 1.87. The fourth-order valence-electron chi connectivity index (χ4n) is 3.51. The Morgan fingerprint density at radius 1 is 1.03 bits per heavy atom. The molecule has 0 bridgehead atoms. The number of aldehydes is 1. The number of fused-ring (bicyclic) bond motifs is 1. The van der Waals surface area contributed by atoms with Gasteiger partial charge in [0.25, 0.3) is 10.0 Å². The van der Waals surface area contributed by atoms with Crippen LogP contribution < -0.4 is 4.31 Å². The van der Waals surface area contributed by atoms with E-state index in [1.165, 1.54) is 52.0 Å². The number of hydrogen-bond donors (Lipinski definition) is 0. The number of carbonyl (C=O) groups excluding carboxylic acids is 1. The quantitative estimate of drug-likeness (QED) is 0.310. The first kappa shape index (κ1) is 22.1. The molecule has 0 fully saturated rings. The summed E-state index contributed by atoms with van der Waals surface area (Å²) in [5.41, 5.74) is 1.50. The van der Waals surface area contributed by atoms with E-state index in [1.807, 2.05) is 31.2 Å². The average molecular weight is 472 g/mol. The van der Waals surface area contributed by atoms with Gasteiger partial charge in [-0.1, -0.05) is 36.4 Å². The standard InChI is InChI=1S/C24H19F2NO3S2/c1-16-21-4-2-3-5-23(21)31-24(16)27(14-18-8-11-22(26)19(12-18)13-25)32(29,30)20-9-6-17(15-28)7-10-20/h2-12,15H,13-14H2,1H3. The van der Waals surface area contributed by atoms with Crippen molar-refractivity contribution < 1.29 is 22.0 Å². The second kappa shape index (κ2) is 8.80. The van der Waals surface area contributed by atoms with E-state index in [0.29, 0.717) is 22.4 Å². The first-order valence-electron chi connectivity index (χ1n) is 9.74. The normalized spacial score (nSPS) is 11.6. The van der Waals surface area contributed by atoms with Crippen molar-refractivity contribution in [2.45, 2.75) is 25.0 Å². The molecule has 3 aromatic carbocycles. The zero-order valence-corrected chi connectivity index (χ0v) is 18.7. The summed E-state index contributed by atoms with van der Waals surface area (Å²) in [7, 11) is -4.04. The number of thiophene rings is 1. The Morgan fingerprint density at radius 2 is 1.75 bits per heavy atom. The molecule has 164 valence electrons. The molecule has 0 radical (unpaired) electrons. The van der Waals surface area contributed by atoms with Crippen LogP contribution in [-0.4, -0.2) is 14.7 Å². The predicted octanol–water partition coefficient (Wildman–Crippen LogP) is 6.03. The van der Waals surface area contributed by atoms with Crippen molar-refractivity contribution >= 4 is 42.7 Å². The van der Waals surface area contributed by atoms with Gasteiger partial charge in [0.2, 0.25) is 0 Å². The first-order chi connectivity index (χ1) is 15.3. The van der Waals surface area contributed by atoms with E-state index in [-0.39, 0.29) is 17.0 Å². The van der Waals surface area contributed by atoms with Gasteiger partial charge in [0.15, 0.2) is 0 Å². The van der Waals surface area contributed by atoms with Crippen LogP contribution in [0.2, 0.25) is 0 Å². The van der Waals surface area contributed by atoms with Crippen molar-refractivity contribution in [1.29, 1.82) is 0 Å². The molecule has 4 aromatic rings.